The molecule has 5 nitrogen and oxygen atoms in total. The van der Waals surface area contributed by atoms with E-state index < -0.39 is 0 Å². The number of anilines is 1. The fourth-order valence-electron chi connectivity index (χ4n) is 3.48. The van der Waals surface area contributed by atoms with Crippen LogP contribution in [-0.2, 0) is 6.42 Å². The maximum absolute atomic E-state index is 9.77. The van der Waals surface area contributed by atoms with Crippen LogP contribution in [0.15, 0.2) is 53.7 Å². The quantitative estimate of drug-likeness (QED) is 0.519. The van der Waals surface area contributed by atoms with Crippen LogP contribution in [-0.4, -0.2) is 33.1 Å². The molecule has 0 spiro atoms. The van der Waals surface area contributed by atoms with E-state index in [0.29, 0.717) is 16.6 Å². The third-order valence-electron chi connectivity index (χ3n) is 5.03. The van der Waals surface area contributed by atoms with Gasteiger partial charge in [0.25, 0.3) is 0 Å². The van der Waals surface area contributed by atoms with Gasteiger partial charge in [-0.05, 0) is 43.9 Å². The Labute approximate surface area is 180 Å². The van der Waals surface area contributed by atoms with Gasteiger partial charge in [0.2, 0.25) is 5.95 Å². The molecule has 0 aliphatic carbocycles. The lowest BCUT2D eigenvalue weighted by atomic mass is 10.1. The predicted octanol–water partition coefficient (Wildman–Crippen LogP) is 5.06. The molecule has 1 aromatic heterocycles. The van der Waals surface area contributed by atoms with Gasteiger partial charge in [0, 0.05) is 13.1 Å². The highest BCUT2D eigenvalue weighted by Crippen LogP contribution is 2.34. The average molecular weight is 424 g/mol. The summed E-state index contributed by atoms with van der Waals surface area (Å²) in [5.74, 6) is 0.796. The normalized spacial score (nSPS) is 14.7. The topological polar surface area (TPSA) is 57.7 Å². The number of aryl methyl sites for hydroxylation is 1. The molecule has 0 N–H and O–H groups in total. The summed E-state index contributed by atoms with van der Waals surface area (Å²) in [6.45, 7) is 3.98. The summed E-state index contributed by atoms with van der Waals surface area (Å²) >= 11 is 7.95. The van der Waals surface area contributed by atoms with Crippen molar-refractivity contribution in [3.63, 3.8) is 0 Å². The van der Waals surface area contributed by atoms with Crippen LogP contribution in [0.2, 0.25) is 5.02 Å². The minimum absolute atomic E-state index is 0.269. The van der Waals surface area contributed by atoms with Gasteiger partial charge in [-0.15, -0.1) is 10.2 Å². The first-order valence-electron chi connectivity index (χ1n) is 9.73. The largest absolute Gasteiger partial charge is 0.341 e. The maximum atomic E-state index is 9.77. The second kappa shape index (κ2) is 8.89. The van der Waals surface area contributed by atoms with E-state index in [1.165, 1.54) is 17.3 Å². The van der Waals surface area contributed by atoms with E-state index in [-0.39, 0.29) is 5.25 Å². The van der Waals surface area contributed by atoms with Gasteiger partial charge in [-0.25, -0.2) is 0 Å². The Kier molecular flexibility index (Phi) is 6.08. The third kappa shape index (κ3) is 4.42. The summed E-state index contributed by atoms with van der Waals surface area (Å²) in [7, 11) is 0. The van der Waals surface area contributed by atoms with E-state index in [2.05, 4.69) is 52.4 Å². The van der Waals surface area contributed by atoms with E-state index in [9.17, 15) is 5.26 Å². The monoisotopic (exact) mass is 423 g/mol. The zero-order valence-electron chi connectivity index (χ0n) is 16.3. The van der Waals surface area contributed by atoms with Crippen LogP contribution in [0, 0.1) is 18.3 Å². The van der Waals surface area contributed by atoms with Crippen molar-refractivity contribution in [1.29, 1.82) is 5.26 Å². The minimum Gasteiger partial charge on any atom is -0.341 e. The molecule has 1 atom stereocenters. The fourth-order valence-corrected chi connectivity index (χ4v) is 4.66. The van der Waals surface area contributed by atoms with Crippen LogP contribution in [0.3, 0.4) is 0 Å². The van der Waals surface area contributed by atoms with Gasteiger partial charge in [-0.2, -0.15) is 5.26 Å². The standard InChI is InChI=1S/C22H22ClN5S/c1-16-8-10-17(11-9-16)14-18(15-24)29-22-26-25-21(27-12-4-5-13-27)28(22)20-7-3-2-6-19(20)23/h2-3,6-11,18H,4-5,12-14H2,1H3. The van der Waals surface area contributed by atoms with E-state index in [1.807, 2.05) is 28.8 Å². The lowest BCUT2D eigenvalue weighted by Crippen LogP contribution is -2.22. The Bertz CT molecular complexity index is 1020. The highest BCUT2D eigenvalue weighted by molar-refractivity contribution is 8.00. The molecule has 1 aliphatic rings. The molecule has 0 saturated carbocycles. The number of hydrogen-bond acceptors (Lipinski definition) is 5. The van der Waals surface area contributed by atoms with Crippen LogP contribution in [0.5, 0.6) is 0 Å². The lowest BCUT2D eigenvalue weighted by Gasteiger charge is -2.19. The van der Waals surface area contributed by atoms with Crippen LogP contribution >= 0.6 is 23.4 Å². The summed E-state index contributed by atoms with van der Waals surface area (Å²) < 4.78 is 2.00. The molecule has 2 heterocycles. The lowest BCUT2D eigenvalue weighted by molar-refractivity contribution is 0.838. The fraction of sp³-hybridized carbons (Fsp3) is 0.318. The van der Waals surface area contributed by atoms with E-state index in [1.54, 1.807) is 0 Å². The molecule has 2 aromatic carbocycles. The molecular weight excluding hydrogens is 402 g/mol. The SMILES string of the molecule is Cc1ccc(CC(C#N)Sc2nnc(N3CCCC3)n2-c2ccccc2Cl)cc1. The van der Waals surface area contributed by atoms with Crippen molar-refractivity contribution in [2.24, 2.45) is 0 Å². The van der Waals surface area contributed by atoms with Crippen LogP contribution in [0.1, 0.15) is 24.0 Å². The van der Waals surface area contributed by atoms with Crippen molar-refractivity contribution >= 4 is 29.3 Å². The Morgan fingerprint density at radius 3 is 2.52 bits per heavy atom. The molecule has 1 fully saturated rings. The molecule has 7 heteroatoms. The molecular formula is C22H22ClN5S. The van der Waals surface area contributed by atoms with E-state index >= 15 is 0 Å². The average Bonchev–Trinajstić information content (AvgIpc) is 3.39. The number of rotatable bonds is 6. The van der Waals surface area contributed by atoms with Crippen LogP contribution < -0.4 is 4.90 Å². The number of thioether (sulfide) groups is 1. The molecule has 0 radical (unpaired) electrons. The van der Waals surface area contributed by atoms with Gasteiger partial charge in [-0.3, -0.25) is 4.57 Å². The van der Waals surface area contributed by atoms with Gasteiger partial charge >= 0.3 is 0 Å². The number of aromatic nitrogens is 3. The van der Waals surface area contributed by atoms with Gasteiger partial charge in [0.15, 0.2) is 5.16 Å². The molecule has 1 aliphatic heterocycles. The van der Waals surface area contributed by atoms with Crippen molar-refractivity contribution in [2.75, 3.05) is 18.0 Å². The first kappa shape index (κ1) is 19.8. The number of benzene rings is 2. The summed E-state index contributed by atoms with van der Waals surface area (Å²) in [5.41, 5.74) is 3.19. The van der Waals surface area contributed by atoms with Crippen molar-refractivity contribution in [3.8, 4) is 11.8 Å². The molecule has 1 unspecified atom stereocenters. The molecule has 3 aromatic rings. The van der Waals surface area contributed by atoms with Gasteiger partial charge in [-0.1, -0.05) is 65.3 Å². The Hall–Kier alpha value is -2.49. The molecule has 0 bridgehead atoms. The summed E-state index contributed by atoms with van der Waals surface area (Å²) in [6, 6.07) is 18.4. The number of para-hydroxylation sites is 1. The van der Waals surface area contributed by atoms with Crippen molar-refractivity contribution < 1.29 is 0 Å². The first-order chi connectivity index (χ1) is 14.2. The summed E-state index contributed by atoms with van der Waals surface area (Å²) in [6.07, 6.45) is 2.94. The Morgan fingerprint density at radius 2 is 1.83 bits per heavy atom. The van der Waals surface area contributed by atoms with Crippen molar-refractivity contribution in [1.82, 2.24) is 14.8 Å². The molecule has 29 heavy (non-hydrogen) atoms. The van der Waals surface area contributed by atoms with Crippen molar-refractivity contribution in [2.45, 2.75) is 36.6 Å². The maximum Gasteiger partial charge on any atom is 0.232 e. The second-order valence-corrected chi connectivity index (χ2v) is 8.77. The van der Waals surface area contributed by atoms with Crippen LogP contribution in [0.4, 0.5) is 5.95 Å². The molecule has 0 amide bonds. The second-order valence-electron chi connectivity index (χ2n) is 7.19. The highest BCUT2D eigenvalue weighted by atomic mass is 35.5. The number of nitriles is 1. The zero-order chi connectivity index (χ0) is 20.2. The molecule has 4 rings (SSSR count). The number of hydrogen-bond donors (Lipinski definition) is 0. The summed E-state index contributed by atoms with van der Waals surface area (Å²) in [5, 5.41) is 19.8. The van der Waals surface area contributed by atoms with Gasteiger partial charge < -0.3 is 4.90 Å². The van der Waals surface area contributed by atoms with E-state index in [0.717, 1.165) is 43.1 Å². The predicted molar refractivity (Wildman–Crippen MR) is 118 cm³/mol. The molecule has 148 valence electrons. The van der Waals surface area contributed by atoms with Crippen molar-refractivity contribution in [3.05, 3.63) is 64.7 Å². The smallest absolute Gasteiger partial charge is 0.232 e. The minimum atomic E-state index is -0.269. The summed E-state index contributed by atoms with van der Waals surface area (Å²) in [4.78, 5) is 2.24. The third-order valence-corrected chi connectivity index (χ3v) is 6.38. The molecule has 1 saturated heterocycles. The number of nitrogens with zero attached hydrogens (tertiary/aromatic N) is 5. The Morgan fingerprint density at radius 1 is 1.10 bits per heavy atom. The van der Waals surface area contributed by atoms with Gasteiger partial charge in [0.1, 0.15) is 5.25 Å². The Balaban J connectivity index is 1.66. The van der Waals surface area contributed by atoms with Gasteiger partial charge in [0.05, 0.1) is 16.8 Å². The highest BCUT2D eigenvalue weighted by Gasteiger charge is 2.25. The zero-order valence-corrected chi connectivity index (χ0v) is 17.8. The van der Waals surface area contributed by atoms with Crippen LogP contribution in [0.25, 0.3) is 5.69 Å². The van der Waals surface area contributed by atoms with E-state index in [4.69, 9.17) is 11.6 Å². The first-order valence-corrected chi connectivity index (χ1v) is 11.0. The number of halogens is 1.